The number of nitroso groups, excluding NO2 is 1. The molecule has 4 nitrogen and oxygen atoms in total. The van der Waals surface area contributed by atoms with Crippen LogP contribution in [0.25, 0.3) is 0 Å². The van der Waals surface area contributed by atoms with E-state index in [-0.39, 0.29) is 0 Å². The van der Waals surface area contributed by atoms with E-state index >= 15 is 0 Å². The summed E-state index contributed by atoms with van der Waals surface area (Å²) >= 11 is 0. The molecule has 44 valence electrons. The van der Waals surface area contributed by atoms with Crippen molar-refractivity contribution < 1.29 is 9.42 Å². The van der Waals surface area contributed by atoms with Gasteiger partial charge in [0.05, 0.1) is 0 Å². The van der Waals surface area contributed by atoms with E-state index in [1.807, 2.05) is 0 Å². The van der Waals surface area contributed by atoms with Crippen molar-refractivity contribution in [2.75, 3.05) is 13.8 Å². The second-order valence-corrected chi connectivity index (χ2v) is 3.69. The van der Waals surface area contributed by atoms with Crippen LogP contribution >= 0.6 is 7.87 Å². The molecule has 0 spiro atoms. The Balaban J connectivity index is 3.58. The molecule has 0 aliphatic heterocycles. The Labute approximate surface area is 42.0 Å². The van der Waals surface area contributed by atoms with Crippen LogP contribution in [0.15, 0.2) is 4.95 Å². The van der Waals surface area contributed by atoms with Crippen LogP contribution in [0, 0.1) is 4.91 Å². The fraction of sp³-hybridized carbons (Fsp3) is 1.00. The van der Waals surface area contributed by atoms with Crippen LogP contribution < -0.4 is 0 Å². The molecule has 0 radical (unpaired) electrons. The second kappa shape index (κ2) is 2.31. The molecule has 0 fully saturated rings. The molecule has 0 bridgehead atoms. The summed E-state index contributed by atoms with van der Waals surface area (Å²) in [6, 6.07) is 0. The molecule has 0 heterocycles. The molecule has 0 saturated carbocycles. The molecule has 0 aromatic heterocycles. The van der Waals surface area contributed by atoms with Crippen molar-refractivity contribution in [1.29, 1.82) is 0 Å². The first-order valence-corrected chi connectivity index (χ1v) is 4.04. The van der Waals surface area contributed by atoms with Gasteiger partial charge in [-0.2, -0.15) is 0 Å². The molecule has 0 saturated heterocycles. The predicted octanol–water partition coefficient (Wildman–Crippen LogP) is 0.516. The number of hydrogen-bond acceptors (Lipinski definition) is 4. The molecule has 0 amide bonds. The zero-order valence-electron chi connectivity index (χ0n) is 4.21. The monoisotopic (exact) mass is 125 g/mol. The van der Waals surface area contributed by atoms with Crippen molar-refractivity contribution >= 4 is 7.87 Å². The van der Waals surface area contributed by atoms with Gasteiger partial charge in [-0.25, -0.2) is 0 Å². The first kappa shape index (κ1) is 6.95. The van der Waals surface area contributed by atoms with E-state index in [1.165, 1.54) is 13.8 Å². The van der Waals surface area contributed by atoms with Crippen molar-refractivity contribution in [1.82, 2.24) is 0 Å². The second-order valence-electron chi connectivity index (χ2n) is 1.23. The van der Waals surface area contributed by atoms with E-state index in [1.54, 1.807) is 0 Å². The van der Waals surface area contributed by atoms with E-state index in [4.69, 9.17) is 4.89 Å². The van der Waals surface area contributed by atoms with E-state index in [0.717, 1.165) is 0 Å². The van der Waals surface area contributed by atoms with Crippen LogP contribution in [0.4, 0.5) is 0 Å². The zero-order chi connectivity index (χ0) is 5.91. The molecule has 0 atom stereocenters. The van der Waals surface area contributed by atoms with Crippen LogP contribution in [0.5, 0.6) is 0 Å². The molecule has 0 aliphatic carbocycles. The van der Waals surface area contributed by atoms with Gasteiger partial charge in [0.15, 0.2) is 0 Å². The average molecular weight is 125 g/mol. The molecule has 0 rings (SSSR count). The van der Waals surface area contributed by atoms with Crippen molar-refractivity contribution in [3.63, 3.8) is 0 Å². The summed E-state index contributed by atoms with van der Waals surface area (Å²) in [5.74, 6) is 0. The maximum absolute atomic E-state index is 9.49. The van der Waals surface area contributed by atoms with Crippen molar-refractivity contribution in [2.24, 2.45) is 4.95 Å². The molecular formula is C2H8NO3P. The molecular weight excluding hydrogens is 117 g/mol. The summed E-state index contributed by atoms with van der Waals surface area (Å²) in [6.07, 6.45) is 0. The first-order chi connectivity index (χ1) is 3.12. The number of hydrogen-bond donors (Lipinski definition) is 1. The van der Waals surface area contributed by atoms with Crippen molar-refractivity contribution in [2.45, 2.75) is 0 Å². The average Bonchev–Trinajstić information content (AvgIpc) is 1.68. The summed E-state index contributed by atoms with van der Waals surface area (Å²) in [7, 11) is -1.82. The molecule has 0 unspecified atom stereocenters. The zero-order valence-corrected chi connectivity index (χ0v) is 5.21. The molecule has 0 aliphatic rings. The van der Waals surface area contributed by atoms with Gasteiger partial charge in [0.2, 0.25) is 0 Å². The van der Waals surface area contributed by atoms with Gasteiger partial charge in [-0.3, -0.25) is 0 Å². The first-order valence-electron chi connectivity index (χ1n) is 1.74. The van der Waals surface area contributed by atoms with Gasteiger partial charge in [0, 0.05) is 0 Å². The normalized spacial score (nSPS) is 13.6. The maximum atomic E-state index is 9.49. The minimum absolute atomic E-state index is 1.26. The third-order valence-corrected chi connectivity index (χ3v) is 1.67. The van der Waals surface area contributed by atoms with Crippen molar-refractivity contribution in [3.8, 4) is 0 Å². The predicted molar refractivity (Wildman–Crippen MR) is 29.3 cm³/mol. The molecule has 0 aromatic rings. The Morgan fingerprint density at radius 2 is 2.29 bits per heavy atom. The van der Waals surface area contributed by atoms with Gasteiger partial charge in [0.25, 0.3) is 0 Å². The Morgan fingerprint density at radius 1 is 1.86 bits per heavy atom. The summed E-state index contributed by atoms with van der Waals surface area (Å²) in [4.78, 5) is 20.4. The third kappa shape index (κ3) is 2.62. The Morgan fingerprint density at radius 3 is 2.29 bits per heavy atom. The fourth-order valence-electron chi connectivity index (χ4n) is 0.0373. The number of nitrogens with zero attached hydrogens (tertiary/aromatic N) is 1. The standard InChI is InChI=1S/C2H8NO3P/c1-6-7(2,5)3-4/h5,7H,1-2H3. The third-order valence-electron chi connectivity index (χ3n) is 0.556. The quantitative estimate of drug-likeness (QED) is 0.432. The van der Waals surface area contributed by atoms with E-state index in [0.29, 0.717) is 0 Å². The summed E-state index contributed by atoms with van der Waals surface area (Å²) in [5.41, 5.74) is 0. The minimum atomic E-state index is -3.08. The van der Waals surface area contributed by atoms with Gasteiger partial charge >= 0.3 is 40.9 Å². The van der Waals surface area contributed by atoms with Gasteiger partial charge in [0.1, 0.15) is 0 Å². The van der Waals surface area contributed by atoms with E-state index in [9.17, 15) is 4.91 Å². The summed E-state index contributed by atoms with van der Waals surface area (Å²) in [6.45, 7) is 1.29. The molecule has 7 heavy (non-hydrogen) atoms. The van der Waals surface area contributed by atoms with Gasteiger partial charge < -0.3 is 0 Å². The Hall–Kier alpha value is -0.0500. The van der Waals surface area contributed by atoms with E-state index < -0.39 is 7.87 Å². The SMILES string of the molecule is CO[PH](C)(O)N=O. The van der Waals surface area contributed by atoms with Gasteiger partial charge in [-0.05, 0) is 0 Å². The fourth-order valence-corrected chi connectivity index (χ4v) is 0.112. The topological polar surface area (TPSA) is 58.9 Å². The molecule has 1 N–H and O–H groups in total. The number of rotatable bonds is 2. The van der Waals surface area contributed by atoms with Crippen LogP contribution in [0.3, 0.4) is 0 Å². The van der Waals surface area contributed by atoms with Crippen LogP contribution in [-0.2, 0) is 4.52 Å². The molecule has 5 heteroatoms. The molecule has 0 aromatic carbocycles. The van der Waals surface area contributed by atoms with Gasteiger partial charge in [-0.15, -0.1) is 0 Å². The van der Waals surface area contributed by atoms with Crippen LogP contribution in [0.1, 0.15) is 0 Å². The summed E-state index contributed by atoms with van der Waals surface area (Å²) in [5, 5.41) is 0. The Bertz CT molecular complexity index is 73.3. The van der Waals surface area contributed by atoms with Crippen LogP contribution in [0.2, 0.25) is 0 Å². The van der Waals surface area contributed by atoms with Gasteiger partial charge in [-0.1, -0.05) is 0 Å². The van der Waals surface area contributed by atoms with Crippen molar-refractivity contribution in [3.05, 3.63) is 4.91 Å². The Kier molecular flexibility index (Phi) is 2.29. The van der Waals surface area contributed by atoms with E-state index in [2.05, 4.69) is 9.47 Å². The summed E-state index contributed by atoms with van der Waals surface area (Å²) < 4.78 is 4.30. The van der Waals surface area contributed by atoms with Crippen LogP contribution in [-0.4, -0.2) is 18.7 Å².